The van der Waals surface area contributed by atoms with Crippen LogP contribution in [0.15, 0.2) is 10.7 Å². The maximum atomic E-state index is 11.3. The normalized spacial score (nSPS) is 12.6. The molecule has 0 aliphatic heterocycles. The Morgan fingerprint density at radius 3 is 2.81 bits per heavy atom. The van der Waals surface area contributed by atoms with E-state index in [0.29, 0.717) is 30.2 Å². The van der Waals surface area contributed by atoms with E-state index in [9.17, 15) is 4.79 Å². The summed E-state index contributed by atoms with van der Waals surface area (Å²) in [6.45, 7) is 8.33. The monoisotopic (exact) mass is 228 g/mol. The number of oxazole rings is 1. The average molecular weight is 228 g/mol. The number of aryl methyl sites for hydroxylation is 1. The van der Waals surface area contributed by atoms with Gasteiger partial charge in [-0.05, 0) is 11.8 Å². The molecule has 1 aromatic rings. The summed E-state index contributed by atoms with van der Waals surface area (Å²) in [5, 5.41) is 2.49. The first kappa shape index (κ1) is 12.5. The fraction of sp³-hybridized carbons (Fsp3) is 0.636. The van der Waals surface area contributed by atoms with Crippen molar-refractivity contribution in [2.75, 3.05) is 11.9 Å². The van der Waals surface area contributed by atoms with Crippen LogP contribution in [0.4, 0.5) is 10.6 Å². The van der Waals surface area contributed by atoms with E-state index >= 15 is 0 Å². The molecule has 1 N–H and O–H groups in total. The molecule has 0 aliphatic rings. The number of rotatable bonds is 4. The maximum Gasteiger partial charge on any atom is 0.412 e. The molecule has 0 radical (unpaired) electrons. The number of nitrogens with one attached hydrogen (secondary N) is 1. The van der Waals surface area contributed by atoms with Crippen molar-refractivity contribution in [3.05, 3.63) is 12.2 Å². The van der Waals surface area contributed by atoms with Gasteiger partial charge in [0.25, 0.3) is 0 Å². The highest BCUT2D eigenvalue weighted by Gasteiger charge is 2.11. The Morgan fingerprint density at radius 2 is 2.31 bits per heavy atom. The second-order valence-electron chi connectivity index (χ2n) is 4.20. The molecule has 1 atom stereocenters. The lowest BCUT2D eigenvalue weighted by Crippen LogP contribution is -2.20. The number of carbonyl (C=O) groups excluding carboxylic acids is 1. The van der Waals surface area contributed by atoms with E-state index < -0.39 is 6.09 Å². The number of hydrogen-bond donors (Lipinski definition) is 1. The van der Waals surface area contributed by atoms with Crippen molar-refractivity contribution < 1.29 is 15.4 Å². The van der Waals surface area contributed by atoms with Gasteiger partial charge in [-0.25, -0.2) is 4.79 Å². The second-order valence-corrected chi connectivity index (χ2v) is 4.20. The van der Waals surface area contributed by atoms with Crippen LogP contribution in [0.1, 0.15) is 28.1 Å². The zero-order chi connectivity index (χ0) is 12.1. The Kier molecular flexibility index (Phi) is 4.34. The standard InChI is InChI=1S/C11H18N2O3.H2/c1-7(2)8(3)5-16-11(14)13-10-6-15-9(4)12-10;/h6-8H,5H2,1-4H3,(H,13,14);1H. The third-order valence-electron chi connectivity index (χ3n) is 2.46. The SMILES string of the molecule is Cc1nc(NC(=O)OCC(C)C(C)C)co1.[HH]. The quantitative estimate of drug-likeness (QED) is 0.860. The van der Waals surface area contributed by atoms with Crippen molar-refractivity contribution >= 4 is 11.9 Å². The molecule has 0 fully saturated rings. The van der Waals surface area contributed by atoms with Crippen molar-refractivity contribution in [1.29, 1.82) is 0 Å². The predicted octanol–water partition coefficient (Wildman–Crippen LogP) is 3.07. The first-order chi connectivity index (χ1) is 7.49. The predicted molar refractivity (Wildman–Crippen MR) is 62.3 cm³/mol. The zero-order valence-corrected chi connectivity index (χ0v) is 10.1. The number of anilines is 1. The lowest BCUT2D eigenvalue weighted by Gasteiger charge is -2.15. The Labute approximate surface area is 96.7 Å². The van der Waals surface area contributed by atoms with Crippen molar-refractivity contribution in [1.82, 2.24) is 4.98 Å². The van der Waals surface area contributed by atoms with Crippen LogP contribution in [0.2, 0.25) is 0 Å². The van der Waals surface area contributed by atoms with Crippen molar-refractivity contribution in [2.24, 2.45) is 11.8 Å². The van der Waals surface area contributed by atoms with Crippen LogP contribution in [-0.4, -0.2) is 17.7 Å². The van der Waals surface area contributed by atoms with E-state index in [-0.39, 0.29) is 1.43 Å². The van der Waals surface area contributed by atoms with Gasteiger partial charge < -0.3 is 9.15 Å². The highest BCUT2D eigenvalue weighted by molar-refractivity contribution is 5.82. The fourth-order valence-electron chi connectivity index (χ4n) is 0.961. The first-order valence-electron chi connectivity index (χ1n) is 5.35. The molecule has 1 unspecified atom stereocenters. The minimum atomic E-state index is -0.499. The summed E-state index contributed by atoms with van der Waals surface area (Å²) in [4.78, 5) is 15.3. The van der Waals surface area contributed by atoms with Crippen LogP contribution in [0.3, 0.4) is 0 Å². The molecule has 1 rings (SSSR count). The number of nitrogens with zero attached hydrogens (tertiary/aromatic N) is 1. The summed E-state index contributed by atoms with van der Waals surface area (Å²) >= 11 is 0. The summed E-state index contributed by atoms with van der Waals surface area (Å²) in [6.07, 6.45) is 0.878. The topological polar surface area (TPSA) is 64.4 Å². The number of ether oxygens (including phenoxy) is 1. The molecular weight excluding hydrogens is 208 g/mol. The van der Waals surface area contributed by atoms with E-state index in [1.807, 2.05) is 6.92 Å². The van der Waals surface area contributed by atoms with Crippen LogP contribution < -0.4 is 5.32 Å². The summed E-state index contributed by atoms with van der Waals surface area (Å²) in [6, 6.07) is 0. The van der Waals surface area contributed by atoms with Crippen molar-refractivity contribution in [3.8, 4) is 0 Å². The van der Waals surface area contributed by atoms with E-state index in [2.05, 4.69) is 24.1 Å². The van der Waals surface area contributed by atoms with Gasteiger partial charge in [-0.3, -0.25) is 5.32 Å². The Bertz CT molecular complexity index is 352. The maximum absolute atomic E-state index is 11.3. The van der Waals surface area contributed by atoms with E-state index in [0.717, 1.165) is 0 Å². The molecule has 0 saturated carbocycles. The molecule has 5 heteroatoms. The van der Waals surface area contributed by atoms with Gasteiger partial charge in [-0.1, -0.05) is 20.8 Å². The van der Waals surface area contributed by atoms with Gasteiger partial charge in [0, 0.05) is 8.35 Å². The summed E-state index contributed by atoms with van der Waals surface area (Å²) in [7, 11) is 0. The number of carbonyl (C=O) groups is 1. The summed E-state index contributed by atoms with van der Waals surface area (Å²) in [5.74, 6) is 1.71. The molecule has 0 saturated heterocycles. The van der Waals surface area contributed by atoms with Crippen molar-refractivity contribution in [2.45, 2.75) is 27.7 Å². The highest BCUT2D eigenvalue weighted by atomic mass is 16.5. The molecule has 0 aromatic carbocycles. The van der Waals surface area contributed by atoms with Gasteiger partial charge in [0.1, 0.15) is 6.26 Å². The van der Waals surface area contributed by atoms with Crippen LogP contribution in [0.25, 0.3) is 0 Å². The lowest BCUT2D eigenvalue weighted by molar-refractivity contribution is 0.133. The Hall–Kier alpha value is -1.52. The fourth-order valence-corrected chi connectivity index (χ4v) is 0.961. The summed E-state index contributed by atoms with van der Waals surface area (Å²) in [5.41, 5.74) is 0. The molecule has 1 aromatic heterocycles. The molecular formula is C11H20N2O3. The molecule has 0 spiro atoms. The van der Waals surface area contributed by atoms with Crippen LogP contribution in [0.5, 0.6) is 0 Å². The average Bonchev–Trinajstić information content (AvgIpc) is 2.60. The second kappa shape index (κ2) is 5.53. The molecule has 0 aliphatic carbocycles. The molecule has 5 nitrogen and oxygen atoms in total. The lowest BCUT2D eigenvalue weighted by atomic mass is 10.00. The molecule has 1 amide bonds. The van der Waals surface area contributed by atoms with Crippen LogP contribution in [0, 0.1) is 18.8 Å². The smallest absolute Gasteiger partial charge is 0.412 e. The van der Waals surface area contributed by atoms with Gasteiger partial charge >= 0.3 is 6.09 Å². The van der Waals surface area contributed by atoms with Gasteiger partial charge in [-0.2, -0.15) is 4.98 Å². The number of hydrogen-bond acceptors (Lipinski definition) is 4. The van der Waals surface area contributed by atoms with Crippen LogP contribution in [-0.2, 0) is 4.74 Å². The van der Waals surface area contributed by atoms with E-state index in [1.54, 1.807) is 6.92 Å². The third kappa shape index (κ3) is 3.92. The highest BCUT2D eigenvalue weighted by Crippen LogP contribution is 2.11. The minimum absolute atomic E-state index is 0. The Morgan fingerprint density at radius 1 is 1.62 bits per heavy atom. The van der Waals surface area contributed by atoms with Gasteiger partial charge in [0.05, 0.1) is 6.61 Å². The third-order valence-corrected chi connectivity index (χ3v) is 2.46. The first-order valence-corrected chi connectivity index (χ1v) is 5.35. The molecule has 92 valence electrons. The zero-order valence-electron chi connectivity index (χ0n) is 10.1. The molecule has 16 heavy (non-hydrogen) atoms. The van der Waals surface area contributed by atoms with E-state index in [1.165, 1.54) is 6.26 Å². The minimum Gasteiger partial charge on any atom is -0.449 e. The number of amides is 1. The van der Waals surface area contributed by atoms with Gasteiger partial charge in [0.2, 0.25) is 0 Å². The summed E-state index contributed by atoms with van der Waals surface area (Å²) < 4.78 is 9.99. The van der Waals surface area contributed by atoms with Crippen LogP contribution >= 0.6 is 0 Å². The molecule has 0 bridgehead atoms. The van der Waals surface area contributed by atoms with Gasteiger partial charge in [0.15, 0.2) is 11.7 Å². The number of aromatic nitrogens is 1. The van der Waals surface area contributed by atoms with Crippen molar-refractivity contribution in [3.63, 3.8) is 0 Å². The largest absolute Gasteiger partial charge is 0.449 e. The van der Waals surface area contributed by atoms with Gasteiger partial charge in [-0.15, -0.1) is 0 Å². The Balaban J connectivity index is 0.00000256. The molecule has 1 heterocycles. The van der Waals surface area contributed by atoms with E-state index in [4.69, 9.17) is 9.15 Å².